The third-order valence-corrected chi connectivity index (χ3v) is 10.5. The van der Waals surface area contributed by atoms with Gasteiger partial charge in [0.05, 0.1) is 11.9 Å². The van der Waals surface area contributed by atoms with Crippen LogP contribution in [-0.4, -0.2) is 83.3 Å². The number of carboxylic acid groups (broad SMARTS) is 2. The largest absolute Gasteiger partial charge is 2.00 e. The first-order valence-corrected chi connectivity index (χ1v) is 24.0. The van der Waals surface area contributed by atoms with E-state index in [4.69, 9.17) is 9.47 Å². The molecule has 0 aromatic heterocycles. The van der Waals surface area contributed by atoms with Crippen molar-refractivity contribution in [2.45, 2.75) is 271 Å². The Kier molecular flexibility index (Phi) is 47.0. The van der Waals surface area contributed by atoms with Crippen LogP contribution in [0.4, 0.5) is 0 Å². The maximum absolute atomic E-state index is 11.8. The molecule has 0 aromatic carbocycles. The van der Waals surface area contributed by atoms with Gasteiger partial charge >= 0.3 is 46.9 Å². The molecule has 0 heterocycles. The molecule has 0 N–H and O–H groups in total. The fourth-order valence-electron chi connectivity index (χ4n) is 6.53. The van der Waals surface area contributed by atoms with Gasteiger partial charge in [-0.25, -0.2) is 9.59 Å². The number of aliphatic carboxylic acids is 2. The van der Waals surface area contributed by atoms with Crippen LogP contribution in [0.25, 0.3) is 0 Å². The van der Waals surface area contributed by atoms with Crippen molar-refractivity contribution in [2.24, 2.45) is 0 Å². The zero-order chi connectivity index (χ0) is 45.2. The molecule has 0 fully saturated rings. The number of carbonyl (C=O) groups excluding carboxylic acids is 6. The van der Waals surface area contributed by atoms with Gasteiger partial charge in [-0.1, -0.05) is 194 Å². The van der Waals surface area contributed by atoms with Crippen molar-refractivity contribution in [2.75, 3.05) is 0 Å². The second kappa shape index (κ2) is 45.6. The second-order valence-electron chi connectivity index (χ2n) is 16.5. The Morgan fingerprint density at radius 1 is 0.328 bits per heavy atom. The van der Waals surface area contributed by atoms with E-state index in [1.807, 2.05) is 0 Å². The summed E-state index contributed by atoms with van der Waals surface area (Å²) in [6.07, 6.45) is 33.2. The zero-order valence-corrected chi connectivity index (χ0v) is 41.0. The summed E-state index contributed by atoms with van der Waals surface area (Å²) >= 11 is 0. The van der Waals surface area contributed by atoms with Crippen molar-refractivity contribution in [3.63, 3.8) is 0 Å². The summed E-state index contributed by atoms with van der Waals surface area (Å²) in [5, 5.41) is 21.1. The summed E-state index contributed by atoms with van der Waals surface area (Å²) in [5.74, 6) is -5.65. The Balaban J connectivity index is -0.00000109. The van der Waals surface area contributed by atoms with Gasteiger partial charge in [-0.2, -0.15) is 0 Å². The molecule has 0 radical (unpaired) electrons. The second-order valence-corrected chi connectivity index (χ2v) is 16.5. The van der Waals surface area contributed by atoms with Crippen LogP contribution in [0.5, 0.6) is 0 Å². The summed E-state index contributed by atoms with van der Waals surface area (Å²) in [6, 6.07) is 0. The molecule has 0 aliphatic rings. The summed E-state index contributed by atoms with van der Waals surface area (Å²) in [4.78, 5) is 67.8. The van der Waals surface area contributed by atoms with E-state index in [0.717, 1.165) is 38.5 Å². The maximum Gasteiger partial charge on any atom is 2.00 e. The molecular formula is C48H86MgO12. The van der Waals surface area contributed by atoms with Crippen molar-refractivity contribution < 1.29 is 57.9 Å². The predicted molar refractivity (Wildman–Crippen MR) is 237 cm³/mol. The Bertz CT molecular complexity index is 1020. The van der Waals surface area contributed by atoms with E-state index < -0.39 is 60.2 Å². The van der Waals surface area contributed by atoms with Crippen LogP contribution in [0.3, 0.4) is 0 Å². The zero-order valence-electron chi connectivity index (χ0n) is 39.5. The molecule has 61 heavy (non-hydrogen) atoms. The minimum Gasteiger partial charge on any atom is -0.546 e. The molecule has 0 aliphatic heterocycles. The Morgan fingerprint density at radius 3 is 0.721 bits per heavy atom. The van der Waals surface area contributed by atoms with E-state index in [1.165, 1.54) is 182 Å². The first-order chi connectivity index (χ1) is 28.8. The summed E-state index contributed by atoms with van der Waals surface area (Å²) in [7, 11) is 0. The van der Waals surface area contributed by atoms with Crippen LogP contribution < -0.4 is 10.2 Å². The first kappa shape index (κ1) is 62.9. The Labute approximate surface area is 386 Å². The molecule has 0 rings (SSSR count). The molecule has 352 valence electrons. The molecule has 4 unspecified atom stereocenters. The number of carboxylic acids is 2. The van der Waals surface area contributed by atoms with Gasteiger partial charge in [0.15, 0.2) is 12.2 Å². The molecular weight excluding hydrogens is 793 g/mol. The average molecular weight is 880 g/mol. The van der Waals surface area contributed by atoms with Gasteiger partial charge in [-0.05, 0) is 40.5 Å². The van der Waals surface area contributed by atoms with E-state index in [1.54, 1.807) is 0 Å². The van der Waals surface area contributed by atoms with Crippen LogP contribution in [-0.2, 0) is 47.7 Å². The molecule has 0 spiro atoms. The van der Waals surface area contributed by atoms with Gasteiger partial charge in [-0.3, -0.25) is 9.59 Å². The van der Waals surface area contributed by atoms with Gasteiger partial charge in [0.1, 0.15) is 12.2 Å². The molecule has 0 saturated heterocycles. The molecule has 0 amide bonds. The van der Waals surface area contributed by atoms with Crippen molar-refractivity contribution in [3.05, 3.63) is 0 Å². The molecule has 0 saturated carbocycles. The molecule has 4 atom stereocenters. The van der Waals surface area contributed by atoms with Crippen molar-refractivity contribution in [1.82, 2.24) is 0 Å². The topological polar surface area (TPSA) is 185 Å². The molecule has 12 nitrogen and oxygen atoms in total. The summed E-state index contributed by atoms with van der Waals surface area (Å²) < 4.78 is 19.2. The van der Waals surface area contributed by atoms with Crippen LogP contribution in [0.15, 0.2) is 0 Å². The molecule has 0 bridgehead atoms. The molecule has 0 aliphatic carbocycles. The van der Waals surface area contributed by atoms with E-state index >= 15 is 0 Å². The van der Waals surface area contributed by atoms with Crippen LogP contribution in [0.1, 0.15) is 247 Å². The van der Waals surface area contributed by atoms with Gasteiger partial charge in [0.2, 0.25) is 0 Å². The van der Waals surface area contributed by atoms with Gasteiger partial charge in [0, 0.05) is 12.8 Å². The predicted octanol–water partition coefficient (Wildman–Crippen LogP) is 9.34. The number of ether oxygens (including phenoxy) is 4. The van der Waals surface area contributed by atoms with Gasteiger partial charge in [0.25, 0.3) is 0 Å². The number of hydrogen-bond acceptors (Lipinski definition) is 12. The van der Waals surface area contributed by atoms with Gasteiger partial charge < -0.3 is 38.7 Å². The Morgan fingerprint density at radius 2 is 0.525 bits per heavy atom. The smallest absolute Gasteiger partial charge is 0.546 e. The molecule has 0 aromatic rings. The summed E-state index contributed by atoms with van der Waals surface area (Å²) in [6.45, 7) is 9.63. The normalized spacial score (nSPS) is 12.7. The quantitative estimate of drug-likeness (QED) is 0.0246. The number of carbonyl (C=O) groups is 6. The third kappa shape index (κ3) is 44.0. The minimum atomic E-state index is -1.49. The van der Waals surface area contributed by atoms with Gasteiger partial charge in [-0.15, -0.1) is 0 Å². The first-order valence-electron chi connectivity index (χ1n) is 24.0. The van der Waals surface area contributed by atoms with Crippen LogP contribution in [0.2, 0.25) is 0 Å². The van der Waals surface area contributed by atoms with Crippen LogP contribution in [0, 0.1) is 0 Å². The average Bonchev–Trinajstić information content (AvgIpc) is 3.20. The fraction of sp³-hybridized carbons (Fsp3) is 0.875. The SMILES string of the molecule is CCCCCCCCCCCCCCCCCC(=O)OC(C)C(=O)OC(C)C(=O)[O-].CCCCCCCCCCCCCCCCCC(=O)OC(C)C(=O)OC(C)C(=O)[O-].[Mg+2]. The number of hydrogen-bond donors (Lipinski definition) is 0. The number of unbranched alkanes of at least 4 members (excludes halogenated alkanes) is 28. The van der Waals surface area contributed by atoms with E-state index in [-0.39, 0.29) is 35.9 Å². The summed E-state index contributed by atoms with van der Waals surface area (Å²) in [5.41, 5.74) is 0. The third-order valence-electron chi connectivity index (χ3n) is 10.5. The van der Waals surface area contributed by atoms with Crippen LogP contribution >= 0.6 is 0 Å². The van der Waals surface area contributed by atoms with E-state index in [2.05, 4.69) is 23.3 Å². The van der Waals surface area contributed by atoms with Crippen molar-refractivity contribution >= 4 is 58.9 Å². The molecule has 13 heteroatoms. The monoisotopic (exact) mass is 879 g/mol. The van der Waals surface area contributed by atoms with Crippen molar-refractivity contribution in [3.8, 4) is 0 Å². The fourth-order valence-corrected chi connectivity index (χ4v) is 6.53. The minimum absolute atomic E-state index is 0. The number of rotatable bonds is 40. The van der Waals surface area contributed by atoms with Crippen molar-refractivity contribution in [1.29, 1.82) is 0 Å². The Hall–Kier alpha value is -2.41. The standard InChI is InChI=1S/2C24H44O6.Mg/c2*1-4-5-6-7-8-9-10-11-12-13-14-15-16-17-18-19-22(25)29-21(3)24(28)30-20(2)23(26)27;/h2*20-21H,4-19H2,1-3H3,(H,26,27);/q;;+2/p-2. The maximum atomic E-state index is 11.8. The van der Waals surface area contributed by atoms with E-state index in [0.29, 0.717) is 0 Å². The van der Waals surface area contributed by atoms with E-state index in [9.17, 15) is 39.0 Å². The number of esters is 4.